The standard InChI is InChI=1S/C32H38F2N14O13P2S2/c1-14(31(50)51)5-18(49)36-6-15-7-46(45-44-15)3-2-4-55-32(52)43-26-22-28(40-11-38-26)48(13-42-22)30-20(34)24-17(59-30)9-57-62(53,64)60-23-16(8-56-63(54,65)61-24)58-29(19(23)33)47-12-41-21-25(35)37-10-39-27(21)47/h7,10-14,16-17,19-20,23-24,29-30H,2-6,8-9H2,1H3,(H,36,49)(H,50,51)(H,53,64)(H,54,65)(H2,35,37,39)(H,38,40,43,52)/t14?,16-,17-,19-,20-,23-,24-,29-,30-,62?,63?/m1/s1. The molecule has 350 valence electrons. The molecule has 2 amide bonds. The van der Waals surface area contributed by atoms with Crippen LogP contribution in [0.25, 0.3) is 22.3 Å². The number of ether oxygens (including phenoxy) is 3. The van der Waals surface area contributed by atoms with Crippen LogP contribution in [0.1, 0.15) is 37.9 Å². The number of carbonyl (C=O) groups is 3. The molecule has 3 aliphatic heterocycles. The van der Waals surface area contributed by atoms with Crippen molar-refractivity contribution in [3.05, 3.63) is 37.2 Å². The predicted octanol–water partition coefficient (Wildman–Crippen LogP) is 0.928. The van der Waals surface area contributed by atoms with Gasteiger partial charge in [-0.05, 0) is 23.6 Å². The quantitative estimate of drug-likeness (QED) is 0.0748. The molecule has 33 heteroatoms. The Hall–Kier alpha value is -4.91. The predicted molar refractivity (Wildman–Crippen MR) is 220 cm³/mol. The Morgan fingerprint density at radius 2 is 1.51 bits per heavy atom. The van der Waals surface area contributed by atoms with Crippen LogP contribution in [0, 0.1) is 5.92 Å². The van der Waals surface area contributed by atoms with E-state index in [0.29, 0.717) is 12.1 Å². The SMILES string of the molecule is CC(CC(=O)NCc1cn(CCCOC(=O)Nc2ncnc3c2ncn3[C@@H]2O[C@@H]3COP(O)(=S)O[C@H]4[C@@H](F)[C@H](n5cnc6c(N)ncnc65)O[C@@H]4COP(O)(=S)O[C@H]3[C@H]2F)nn1)C(=O)O. The van der Waals surface area contributed by atoms with Gasteiger partial charge in [-0.25, -0.2) is 43.5 Å². The molecule has 0 saturated carbocycles. The maximum absolute atomic E-state index is 16.5. The van der Waals surface area contributed by atoms with Gasteiger partial charge in [-0.3, -0.25) is 37.8 Å². The first-order chi connectivity index (χ1) is 31.0. The van der Waals surface area contributed by atoms with Gasteiger partial charge < -0.3 is 49.2 Å². The maximum atomic E-state index is 16.5. The van der Waals surface area contributed by atoms with Crippen LogP contribution >= 0.6 is 13.4 Å². The van der Waals surface area contributed by atoms with Crippen molar-refractivity contribution in [1.29, 1.82) is 0 Å². The number of carbonyl (C=O) groups excluding carboxylic acids is 2. The van der Waals surface area contributed by atoms with Gasteiger partial charge in [-0.15, -0.1) is 5.10 Å². The number of hydrogen-bond donors (Lipinski definition) is 6. The van der Waals surface area contributed by atoms with E-state index in [-0.39, 0.29) is 60.1 Å². The lowest BCUT2D eigenvalue weighted by Gasteiger charge is -2.29. The molecule has 0 aromatic carbocycles. The topological polar surface area (TPSA) is 344 Å². The number of alkyl halides is 2. The molecule has 3 fully saturated rings. The first-order valence-corrected chi connectivity index (χ1v) is 24.5. The van der Waals surface area contributed by atoms with Crippen molar-refractivity contribution >= 4 is 89.0 Å². The van der Waals surface area contributed by atoms with E-state index in [2.05, 4.69) is 50.8 Å². The number of carboxylic acid groups (broad SMARTS) is 1. The van der Waals surface area contributed by atoms with Crippen molar-refractivity contribution < 1.29 is 70.4 Å². The molecule has 0 radical (unpaired) electrons. The van der Waals surface area contributed by atoms with Crippen molar-refractivity contribution in [3.63, 3.8) is 0 Å². The fourth-order valence-corrected chi connectivity index (χ4v) is 9.80. The third kappa shape index (κ3) is 10.4. The van der Waals surface area contributed by atoms with E-state index in [9.17, 15) is 24.2 Å². The zero-order valence-electron chi connectivity index (χ0n) is 33.4. The molecule has 0 spiro atoms. The van der Waals surface area contributed by atoms with Crippen LogP contribution in [0.2, 0.25) is 0 Å². The first kappa shape index (κ1) is 46.6. The number of aryl methyl sites for hydroxylation is 1. The Labute approximate surface area is 373 Å². The average molecular weight is 991 g/mol. The average Bonchev–Trinajstić information content (AvgIpc) is 4.10. The molecule has 3 saturated heterocycles. The van der Waals surface area contributed by atoms with Crippen LogP contribution < -0.4 is 16.4 Å². The monoisotopic (exact) mass is 990 g/mol. The minimum Gasteiger partial charge on any atom is -0.481 e. The summed E-state index contributed by atoms with van der Waals surface area (Å²) in [6.45, 7) is -8.40. The Morgan fingerprint density at radius 3 is 2.12 bits per heavy atom. The molecular formula is C32H38F2N14O13P2S2. The number of nitrogens with zero attached hydrogens (tertiary/aromatic N) is 11. The second kappa shape index (κ2) is 19.1. The van der Waals surface area contributed by atoms with Crippen molar-refractivity contribution in [2.24, 2.45) is 5.92 Å². The summed E-state index contributed by atoms with van der Waals surface area (Å²) in [4.78, 5) is 82.5. The molecule has 3 unspecified atom stereocenters. The molecule has 11 atom stereocenters. The number of anilines is 2. The second-order valence-electron chi connectivity index (χ2n) is 14.6. The molecule has 8 rings (SSSR count). The number of amides is 2. The minimum atomic E-state index is -4.37. The minimum absolute atomic E-state index is 0.00283. The number of fused-ring (bicyclic) bond motifs is 4. The van der Waals surface area contributed by atoms with Crippen LogP contribution in [0.3, 0.4) is 0 Å². The molecule has 0 bridgehead atoms. The van der Waals surface area contributed by atoms with E-state index < -0.39 is 99.8 Å². The van der Waals surface area contributed by atoms with Gasteiger partial charge in [-0.1, -0.05) is 12.1 Å². The largest absolute Gasteiger partial charge is 0.481 e. The summed E-state index contributed by atoms with van der Waals surface area (Å²) in [6, 6.07) is 0. The lowest BCUT2D eigenvalue weighted by molar-refractivity contribution is -0.143. The lowest BCUT2D eigenvalue weighted by atomic mass is 10.1. The Morgan fingerprint density at radius 1 is 0.923 bits per heavy atom. The molecule has 8 heterocycles. The zero-order valence-corrected chi connectivity index (χ0v) is 36.8. The summed E-state index contributed by atoms with van der Waals surface area (Å²) < 4.78 is 76.1. The van der Waals surface area contributed by atoms with Gasteiger partial charge in [0.1, 0.15) is 48.3 Å². The van der Waals surface area contributed by atoms with Crippen LogP contribution in [-0.4, -0.2) is 143 Å². The zero-order chi connectivity index (χ0) is 46.2. The summed E-state index contributed by atoms with van der Waals surface area (Å²) in [5, 5.41) is 21.9. The van der Waals surface area contributed by atoms with E-state index >= 15 is 8.78 Å². The number of nitrogens with two attached hydrogens (primary N) is 1. The van der Waals surface area contributed by atoms with E-state index in [0.717, 1.165) is 19.0 Å². The molecule has 3 aliphatic rings. The van der Waals surface area contributed by atoms with Gasteiger partial charge in [0.15, 0.2) is 53.2 Å². The third-order valence-corrected chi connectivity index (χ3v) is 13.2. The number of hydrogen-bond acceptors (Lipinski definition) is 21. The fraction of sp³-hybridized carbons (Fsp3) is 0.531. The number of imidazole rings is 2. The second-order valence-corrected chi connectivity index (χ2v) is 20.2. The first-order valence-electron chi connectivity index (χ1n) is 19.3. The highest BCUT2D eigenvalue weighted by Gasteiger charge is 2.54. The van der Waals surface area contributed by atoms with Crippen LogP contribution in [0.5, 0.6) is 0 Å². The van der Waals surface area contributed by atoms with Crippen molar-refractivity contribution in [2.45, 2.75) is 82.1 Å². The molecule has 5 aromatic rings. The summed E-state index contributed by atoms with van der Waals surface area (Å²) in [5.74, 6) is -2.43. The van der Waals surface area contributed by atoms with Gasteiger partial charge in [0.05, 0.1) is 51.1 Å². The van der Waals surface area contributed by atoms with Gasteiger partial charge in [0, 0.05) is 19.4 Å². The Kier molecular flexibility index (Phi) is 13.7. The van der Waals surface area contributed by atoms with Crippen molar-refractivity contribution in [2.75, 3.05) is 30.9 Å². The number of carboxylic acids is 1. The van der Waals surface area contributed by atoms with Crippen LogP contribution in [0.15, 0.2) is 31.5 Å². The van der Waals surface area contributed by atoms with E-state index in [4.69, 9.17) is 66.8 Å². The Balaban J connectivity index is 0.883. The highest BCUT2D eigenvalue weighted by Crippen LogP contribution is 2.54. The smallest absolute Gasteiger partial charge is 0.412 e. The number of aromatic nitrogens is 11. The van der Waals surface area contributed by atoms with Crippen molar-refractivity contribution in [1.82, 2.24) is 59.3 Å². The number of nitrogen functional groups attached to an aromatic ring is 1. The van der Waals surface area contributed by atoms with E-state index in [1.165, 1.54) is 27.1 Å². The highest BCUT2D eigenvalue weighted by molar-refractivity contribution is 8.07. The number of nitrogens with one attached hydrogen (secondary N) is 2. The number of rotatable bonds is 12. The fourth-order valence-electron chi connectivity index (χ4n) is 6.93. The third-order valence-electron chi connectivity index (χ3n) is 10.1. The molecular weight excluding hydrogens is 953 g/mol. The summed E-state index contributed by atoms with van der Waals surface area (Å²) in [5.41, 5.74) is 6.59. The van der Waals surface area contributed by atoms with Gasteiger partial charge >= 0.3 is 25.5 Å². The van der Waals surface area contributed by atoms with Gasteiger partial charge in [0.2, 0.25) is 5.91 Å². The van der Waals surface area contributed by atoms with Gasteiger partial charge in [-0.2, -0.15) is 0 Å². The van der Waals surface area contributed by atoms with E-state index in [1.807, 2.05) is 0 Å². The molecule has 27 nitrogen and oxygen atoms in total. The van der Waals surface area contributed by atoms with E-state index in [1.54, 1.807) is 6.20 Å². The summed E-state index contributed by atoms with van der Waals surface area (Å²) in [7, 11) is 0. The molecule has 0 aliphatic carbocycles. The summed E-state index contributed by atoms with van der Waals surface area (Å²) in [6.07, 6.45) is -8.02. The highest BCUT2D eigenvalue weighted by atomic mass is 32.5. The normalized spacial score (nSPS) is 29.9. The molecule has 65 heavy (non-hydrogen) atoms. The van der Waals surface area contributed by atoms with Crippen LogP contribution in [0.4, 0.5) is 25.2 Å². The Bertz CT molecular complexity index is 2680. The number of aliphatic carboxylic acids is 1. The summed E-state index contributed by atoms with van der Waals surface area (Å²) >= 11 is 10.4. The molecule has 5 aromatic heterocycles. The van der Waals surface area contributed by atoms with Gasteiger partial charge in [0.25, 0.3) is 0 Å². The maximum Gasteiger partial charge on any atom is 0.412 e. The number of halogens is 2. The lowest BCUT2D eigenvalue weighted by Crippen LogP contribution is -2.37. The molecule has 7 N–H and O–H groups in total. The van der Waals surface area contributed by atoms with Crippen LogP contribution in [-0.2, 0) is 78.6 Å². The van der Waals surface area contributed by atoms with Crippen molar-refractivity contribution in [3.8, 4) is 0 Å².